The second-order valence-electron chi connectivity index (χ2n) is 6.87. The molecule has 0 spiro atoms. The highest BCUT2D eigenvalue weighted by molar-refractivity contribution is 5.50. The van der Waals surface area contributed by atoms with Gasteiger partial charge >= 0.3 is 6.18 Å². The van der Waals surface area contributed by atoms with Crippen molar-refractivity contribution >= 4 is 6.08 Å². The lowest BCUT2D eigenvalue weighted by atomic mass is 9.94. The predicted octanol–water partition coefficient (Wildman–Crippen LogP) is 5.86. The van der Waals surface area contributed by atoms with Crippen LogP contribution < -0.4 is 4.74 Å². The number of piperidine rings is 1. The number of rotatable bonds is 6. The smallest absolute Gasteiger partial charge is 0.416 e. The Morgan fingerprint density at radius 3 is 2.44 bits per heavy atom. The second-order valence-corrected chi connectivity index (χ2v) is 6.87. The Morgan fingerprint density at radius 2 is 1.74 bits per heavy atom. The first kappa shape index (κ1) is 19.3. The lowest BCUT2D eigenvalue weighted by Crippen LogP contribution is -2.30. The number of hydrogen-bond donors (Lipinski definition) is 0. The van der Waals surface area contributed by atoms with Gasteiger partial charge in [-0.15, -0.1) is 0 Å². The first-order valence-electron chi connectivity index (χ1n) is 9.28. The molecule has 0 amide bonds. The van der Waals surface area contributed by atoms with Crippen molar-refractivity contribution in [1.29, 1.82) is 0 Å². The Hall–Kier alpha value is -2.43. The van der Waals surface area contributed by atoms with Gasteiger partial charge < -0.3 is 9.64 Å². The molecule has 1 saturated heterocycles. The summed E-state index contributed by atoms with van der Waals surface area (Å²) >= 11 is 0. The van der Waals surface area contributed by atoms with Crippen LogP contribution >= 0.6 is 0 Å². The second kappa shape index (κ2) is 8.98. The fourth-order valence-corrected chi connectivity index (χ4v) is 3.26. The molecule has 0 aliphatic carbocycles. The number of alkyl halides is 3. The molecule has 2 nitrogen and oxygen atoms in total. The van der Waals surface area contributed by atoms with Crippen molar-refractivity contribution in [3.8, 4) is 5.75 Å². The van der Waals surface area contributed by atoms with Crippen LogP contribution in [0.15, 0.2) is 60.8 Å². The van der Waals surface area contributed by atoms with E-state index in [1.54, 1.807) is 12.1 Å². The number of para-hydroxylation sites is 1. The SMILES string of the molecule is FC(F)(F)c1cccc(C=CN2CCC(CCOc3ccccc3)CC2)c1. The van der Waals surface area contributed by atoms with E-state index in [9.17, 15) is 13.2 Å². The third kappa shape index (κ3) is 6.05. The average Bonchev–Trinajstić information content (AvgIpc) is 2.68. The van der Waals surface area contributed by atoms with E-state index in [0.717, 1.165) is 50.8 Å². The lowest BCUT2D eigenvalue weighted by Gasteiger charge is -2.31. The van der Waals surface area contributed by atoms with Gasteiger partial charge in [-0.25, -0.2) is 0 Å². The van der Waals surface area contributed by atoms with Crippen LogP contribution in [-0.2, 0) is 6.18 Å². The van der Waals surface area contributed by atoms with E-state index in [-0.39, 0.29) is 0 Å². The quantitative estimate of drug-likeness (QED) is 0.627. The van der Waals surface area contributed by atoms with Crippen LogP contribution in [0, 0.1) is 5.92 Å². The molecule has 0 radical (unpaired) electrons. The molecule has 5 heteroatoms. The monoisotopic (exact) mass is 375 g/mol. The maximum Gasteiger partial charge on any atom is 0.416 e. The fraction of sp³-hybridized carbons (Fsp3) is 0.364. The average molecular weight is 375 g/mol. The zero-order valence-electron chi connectivity index (χ0n) is 15.2. The van der Waals surface area contributed by atoms with Crippen LogP contribution in [-0.4, -0.2) is 24.6 Å². The summed E-state index contributed by atoms with van der Waals surface area (Å²) in [4.78, 5) is 2.18. The first-order chi connectivity index (χ1) is 13.0. The molecule has 27 heavy (non-hydrogen) atoms. The molecule has 0 atom stereocenters. The molecule has 1 aliphatic heterocycles. The van der Waals surface area contributed by atoms with Gasteiger partial charge in [0.05, 0.1) is 12.2 Å². The maximum absolute atomic E-state index is 12.8. The lowest BCUT2D eigenvalue weighted by molar-refractivity contribution is -0.137. The van der Waals surface area contributed by atoms with E-state index in [2.05, 4.69) is 4.90 Å². The van der Waals surface area contributed by atoms with E-state index in [1.807, 2.05) is 36.5 Å². The Bertz CT molecular complexity index is 735. The molecule has 0 aromatic heterocycles. The van der Waals surface area contributed by atoms with Gasteiger partial charge in [-0.3, -0.25) is 0 Å². The third-order valence-electron chi connectivity index (χ3n) is 4.88. The Kier molecular flexibility index (Phi) is 6.43. The highest BCUT2D eigenvalue weighted by Gasteiger charge is 2.30. The van der Waals surface area contributed by atoms with Crippen molar-refractivity contribution in [3.63, 3.8) is 0 Å². The van der Waals surface area contributed by atoms with Crippen molar-refractivity contribution < 1.29 is 17.9 Å². The van der Waals surface area contributed by atoms with E-state index in [4.69, 9.17) is 4.74 Å². The Labute approximate surface area is 158 Å². The summed E-state index contributed by atoms with van der Waals surface area (Å²) < 4.78 is 44.1. The van der Waals surface area contributed by atoms with Crippen molar-refractivity contribution in [2.45, 2.75) is 25.4 Å². The van der Waals surface area contributed by atoms with Crippen molar-refractivity contribution in [1.82, 2.24) is 4.90 Å². The zero-order chi connectivity index (χ0) is 19.1. The minimum absolute atomic E-state index is 0.572. The molecular weight excluding hydrogens is 351 g/mol. The summed E-state index contributed by atoms with van der Waals surface area (Å²) in [6.07, 6.45) is 2.54. The third-order valence-corrected chi connectivity index (χ3v) is 4.88. The van der Waals surface area contributed by atoms with Crippen LogP contribution in [0.25, 0.3) is 6.08 Å². The Balaban J connectivity index is 1.42. The van der Waals surface area contributed by atoms with E-state index in [1.165, 1.54) is 12.1 Å². The summed E-state index contributed by atoms with van der Waals surface area (Å²) in [5.74, 6) is 1.53. The van der Waals surface area contributed by atoms with E-state index >= 15 is 0 Å². The first-order valence-corrected chi connectivity index (χ1v) is 9.28. The summed E-state index contributed by atoms with van der Waals surface area (Å²) in [7, 11) is 0. The normalized spacial score (nSPS) is 16.0. The minimum atomic E-state index is -4.30. The predicted molar refractivity (Wildman–Crippen MR) is 101 cm³/mol. The summed E-state index contributed by atoms with van der Waals surface area (Å²) in [6, 6.07) is 15.2. The van der Waals surface area contributed by atoms with Gasteiger partial charge in [0.1, 0.15) is 5.75 Å². The van der Waals surface area contributed by atoms with Gasteiger partial charge in [0.25, 0.3) is 0 Å². The molecular formula is C22H24F3NO. The molecule has 1 fully saturated rings. The van der Waals surface area contributed by atoms with Crippen molar-refractivity contribution in [2.24, 2.45) is 5.92 Å². The highest BCUT2D eigenvalue weighted by Crippen LogP contribution is 2.30. The molecule has 2 aromatic rings. The number of benzene rings is 2. The number of likely N-dealkylation sites (tertiary alicyclic amines) is 1. The van der Waals surface area contributed by atoms with Gasteiger partial charge in [0.2, 0.25) is 0 Å². The van der Waals surface area contributed by atoms with E-state index < -0.39 is 11.7 Å². The minimum Gasteiger partial charge on any atom is -0.494 e. The van der Waals surface area contributed by atoms with Crippen LogP contribution in [0.4, 0.5) is 13.2 Å². The molecule has 0 unspecified atom stereocenters. The molecule has 3 rings (SSSR count). The standard InChI is InChI=1S/C22H24F3NO/c23-22(24,25)20-6-4-5-19(17-20)11-15-26-13-9-18(10-14-26)12-16-27-21-7-2-1-3-8-21/h1-8,11,15,17-18H,9-10,12-14,16H2. The molecule has 2 aromatic carbocycles. The van der Waals surface area contributed by atoms with Crippen LogP contribution in [0.3, 0.4) is 0 Å². The number of nitrogens with zero attached hydrogens (tertiary/aromatic N) is 1. The Morgan fingerprint density at radius 1 is 1.00 bits per heavy atom. The molecule has 1 heterocycles. The molecule has 144 valence electrons. The van der Waals surface area contributed by atoms with Crippen molar-refractivity contribution in [2.75, 3.05) is 19.7 Å². The molecule has 0 N–H and O–H groups in total. The van der Waals surface area contributed by atoms with Gasteiger partial charge in [-0.1, -0.05) is 30.3 Å². The van der Waals surface area contributed by atoms with Crippen LogP contribution in [0.2, 0.25) is 0 Å². The van der Waals surface area contributed by atoms with E-state index in [0.29, 0.717) is 11.5 Å². The number of hydrogen-bond acceptors (Lipinski definition) is 2. The van der Waals surface area contributed by atoms with Gasteiger partial charge in [0, 0.05) is 13.1 Å². The van der Waals surface area contributed by atoms with Crippen LogP contribution in [0.1, 0.15) is 30.4 Å². The zero-order valence-corrected chi connectivity index (χ0v) is 15.2. The van der Waals surface area contributed by atoms with Crippen LogP contribution in [0.5, 0.6) is 5.75 Å². The largest absolute Gasteiger partial charge is 0.494 e. The molecule has 1 aliphatic rings. The molecule has 0 saturated carbocycles. The summed E-state index contributed by atoms with van der Waals surface area (Å²) in [5.41, 5.74) is -0.0371. The highest BCUT2D eigenvalue weighted by atomic mass is 19.4. The topological polar surface area (TPSA) is 12.5 Å². The van der Waals surface area contributed by atoms with Gasteiger partial charge in [-0.2, -0.15) is 13.2 Å². The maximum atomic E-state index is 12.8. The van der Waals surface area contributed by atoms with Crippen molar-refractivity contribution in [3.05, 3.63) is 71.9 Å². The van der Waals surface area contributed by atoms with Gasteiger partial charge in [0.15, 0.2) is 0 Å². The molecule has 0 bridgehead atoms. The fourth-order valence-electron chi connectivity index (χ4n) is 3.26. The summed E-state index contributed by atoms with van der Waals surface area (Å²) in [5, 5.41) is 0. The van der Waals surface area contributed by atoms with Gasteiger partial charge in [-0.05, 0) is 67.3 Å². The summed E-state index contributed by atoms with van der Waals surface area (Å²) in [6.45, 7) is 2.56. The number of halogens is 3. The number of ether oxygens (including phenoxy) is 1.